The molecule has 1 aliphatic carbocycles. The summed E-state index contributed by atoms with van der Waals surface area (Å²) in [7, 11) is 0. The summed E-state index contributed by atoms with van der Waals surface area (Å²) in [5.41, 5.74) is 1.18. The van der Waals surface area contributed by atoms with E-state index in [1.165, 1.54) is 5.57 Å². The Morgan fingerprint density at radius 1 is 1.52 bits per heavy atom. The Kier molecular flexibility index (Phi) is 5.35. The molecule has 0 aromatic carbocycles. The van der Waals surface area contributed by atoms with Gasteiger partial charge in [-0.1, -0.05) is 23.3 Å². The molecule has 6 nitrogen and oxygen atoms in total. The molecular formula is C16H23ClN4O2. The second kappa shape index (κ2) is 7.47. The van der Waals surface area contributed by atoms with E-state index < -0.39 is 6.10 Å². The van der Waals surface area contributed by atoms with Crippen molar-refractivity contribution in [2.24, 2.45) is 5.92 Å². The number of aromatic nitrogens is 2. The SMILES string of the molecule is O=C(CC1=CCNCC1)N[C@@H]1CC(Cn2cc(Cl)cn2)C[C@H]1O. The third-order valence-electron chi connectivity index (χ3n) is 4.57. The Morgan fingerprint density at radius 2 is 2.39 bits per heavy atom. The minimum absolute atomic E-state index is 0.00461. The van der Waals surface area contributed by atoms with Crippen LogP contribution in [0.3, 0.4) is 0 Å². The highest BCUT2D eigenvalue weighted by molar-refractivity contribution is 6.30. The van der Waals surface area contributed by atoms with Gasteiger partial charge in [0.1, 0.15) is 0 Å². The van der Waals surface area contributed by atoms with Crippen molar-refractivity contribution < 1.29 is 9.90 Å². The molecule has 0 bridgehead atoms. The van der Waals surface area contributed by atoms with E-state index in [1.807, 2.05) is 0 Å². The second-order valence-electron chi connectivity index (χ2n) is 6.45. The summed E-state index contributed by atoms with van der Waals surface area (Å²) < 4.78 is 1.80. The predicted octanol–water partition coefficient (Wildman–Crippen LogP) is 1.10. The van der Waals surface area contributed by atoms with Crippen molar-refractivity contribution in [1.29, 1.82) is 0 Å². The lowest BCUT2D eigenvalue weighted by Gasteiger charge is -2.18. The summed E-state index contributed by atoms with van der Waals surface area (Å²) in [6.07, 6.45) is 7.78. The maximum atomic E-state index is 12.2. The number of aliphatic hydroxyl groups is 1. The first-order valence-corrected chi connectivity index (χ1v) is 8.52. The molecule has 2 heterocycles. The van der Waals surface area contributed by atoms with Crippen LogP contribution in [0.4, 0.5) is 0 Å². The van der Waals surface area contributed by atoms with Crippen molar-refractivity contribution in [1.82, 2.24) is 20.4 Å². The van der Waals surface area contributed by atoms with Crippen molar-refractivity contribution in [2.45, 2.75) is 44.4 Å². The maximum Gasteiger partial charge on any atom is 0.224 e. The number of carbonyl (C=O) groups excluding carboxylic acids is 1. The molecule has 0 spiro atoms. The molecule has 1 amide bonds. The molecule has 3 rings (SSSR count). The zero-order valence-corrected chi connectivity index (χ0v) is 13.8. The minimum atomic E-state index is -0.489. The summed E-state index contributed by atoms with van der Waals surface area (Å²) in [6.45, 7) is 2.48. The quantitative estimate of drug-likeness (QED) is 0.702. The fourth-order valence-electron chi connectivity index (χ4n) is 3.42. The van der Waals surface area contributed by atoms with E-state index in [0.717, 1.165) is 25.9 Å². The fraction of sp³-hybridized carbons (Fsp3) is 0.625. The predicted molar refractivity (Wildman–Crippen MR) is 88.1 cm³/mol. The van der Waals surface area contributed by atoms with Crippen LogP contribution in [0.15, 0.2) is 24.0 Å². The number of hydrogen-bond donors (Lipinski definition) is 3. The molecule has 1 saturated carbocycles. The average molecular weight is 339 g/mol. The van der Waals surface area contributed by atoms with Gasteiger partial charge >= 0.3 is 0 Å². The van der Waals surface area contributed by atoms with Crippen LogP contribution in [-0.2, 0) is 11.3 Å². The third-order valence-corrected chi connectivity index (χ3v) is 4.76. The Balaban J connectivity index is 1.48. The van der Waals surface area contributed by atoms with Crippen LogP contribution in [0.2, 0.25) is 5.02 Å². The Morgan fingerprint density at radius 3 is 3.09 bits per heavy atom. The average Bonchev–Trinajstić information content (AvgIpc) is 3.06. The largest absolute Gasteiger partial charge is 0.391 e. The van der Waals surface area contributed by atoms with Gasteiger partial charge in [0.15, 0.2) is 0 Å². The monoisotopic (exact) mass is 338 g/mol. The van der Waals surface area contributed by atoms with E-state index in [2.05, 4.69) is 21.8 Å². The summed E-state index contributed by atoms with van der Waals surface area (Å²) in [5, 5.41) is 21.2. The first-order valence-electron chi connectivity index (χ1n) is 8.14. The van der Waals surface area contributed by atoms with Gasteiger partial charge in [-0.3, -0.25) is 9.48 Å². The van der Waals surface area contributed by atoms with Gasteiger partial charge in [0.2, 0.25) is 5.91 Å². The molecule has 1 fully saturated rings. The maximum absolute atomic E-state index is 12.2. The third kappa shape index (κ3) is 4.56. The molecule has 1 aromatic heterocycles. The lowest BCUT2D eigenvalue weighted by Crippen LogP contribution is -2.40. The molecule has 1 aromatic rings. The van der Waals surface area contributed by atoms with Crippen molar-refractivity contribution >= 4 is 17.5 Å². The molecule has 3 N–H and O–H groups in total. The topological polar surface area (TPSA) is 79.2 Å². The van der Waals surface area contributed by atoms with E-state index in [4.69, 9.17) is 11.6 Å². The summed E-state index contributed by atoms with van der Waals surface area (Å²) in [6, 6.07) is -0.166. The van der Waals surface area contributed by atoms with E-state index in [1.54, 1.807) is 17.1 Å². The number of hydrogen-bond acceptors (Lipinski definition) is 4. The van der Waals surface area contributed by atoms with Crippen LogP contribution < -0.4 is 10.6 Å². The van der Waals surface area contributed by atoms with E-state index in [-0.39, 0.29) is 11.9 Å². The molecule has 1 unspecified atom stereocenters. The Bertz CT molecular complexity index is 586. The molecular weight excluding hydrogens is 316 g/mol. The van der Waals surface area contributed by atoms with Crippen LogP contribution in [0.5, 0.6) is 0 Å². The lowest BCUT2D eigenvalue weighted by molar-refractivity contribution is -0.121. The number of halogens is 1. The van der Waals surface area contributed by atoms with E-state index in [0.29, 0.717) is 30.3 Å². The molecule has 23 heavy (non-hydrogen) atoms. The standard InChI is InChI=1S/C16H23ClN4O2/c17-13-8-19-21(10-13)9-12-5-14(15(22)6-12)20-16(23)7-11-1-3-18-4-2-11/h1,8,10,12,14-15,18,22H,2-7,9H2,(H,20,23)/t12?,14-,15-/m1/s1. The number of rotatable bonds is 5. The molecule has 7 heteroatoms. The zero-order chi connectivity index (χ0) is 16.2. The van der Waals surface area contributed by atoms with Gasteiger partial charge in [-0.25, -0.2) is 0 Å². The number of carbonyl (C=O) groups is 1. The highest BCUT2D eigenvalue weighted by atomic mass is 35.5. The molecule has 1 aliphatic heterocycles. The van der Waals surface area contributed by atoms with Crippen molar-refractivity contribution in [3.05, 3.63) is 29.1 Å². The highest BCUT2D eigenvalue weighted by Crippen LogP contribution is 2.28. The second-order valence-corrected chi connectivity index (χ2v) is 6.89. The number of aliphatic hydroxyl groups excluding tert-OH is 1. The van der Waals surface area contributed by atoms with Crippen molar-refractivity contribution in [2.75, 3.05) is 13.1 Å². The molecule has 0 saturated heterocycles. The molecule has 126 valence electrons. The Hall–Kier alpha value is -1.37. The van der Waals surface area contributed by atoms with Gasteiger partial charge in [0.05, 0.1) is 23.4 Å². The highest BCUT2D eigenvalue weighted by Gasteiger charge is 2.34. The normalized spacial score (nSPS) is 27.7. The molecule has 3 atom stereocenters. The molecule has 2 aliphatic rings. The number of nitrogens with one attached hydrogen (secondary N) is 2. The number of nitrogens with zero attached hydrogens (tertiary/aromatic N) is 2. The Labute approximate surface area is 140 Å². The fourth-order valence-corrected chi connectivity index (χ4v) is 3.58. The summed E-state index contributed by atoms with van der Waals surface area (Å²) in [5.74, 6) is 0.300. The van der Waals surface area contributed by atoms with Crippen LogP contribution in [-0.4, -0.2) is 46.0 Å². The molecule has 0 radical (unpaired) electrons. The first-order chi connectivity index (χ1) is 11.1. The van der Waals surface area contributed by atoms with Gasteiger partial charge in [0.25, 0.3) is 0 Å². The van der Waals surface area contributed by atoms with Crippen LogP contribution in [0.25, 0.3) is 0 Å². The van der Waals surface area contributed by atoms with Gasteiger partial charge in [-0.2, -0.15) is 5.10 Å². The first kappa shape index (κ1) is 16.5. The van der Waals surface area contributed by atoms with Gasteiger partial charge in [-0.05, 0) is 31.7 Å². The van der Waals surface area contributed by atoms with E-state index >= 15 is 0 Å². The van der Waals surface area contributed by atoms with Gasteiger partial charge < -0.3 is 15.7 Å². The lowest BCUT2D eigenvalue weighted by atomic mass is 10.0. The van der Waals surface area contributed by atoms with Gasteiger partial charge in [0, 0.05) is 25.7 Å². The number of amides is 1. The van der Waals surface area contributed by atoms with Crippen LogP contribution >= 0.6 is 11.6 Å². The zero-order valence-electron chi connectivity index (χ0n) is 13.0. The minimum Gasteiger partial charge on any atom is -0.391 e. The van der Waals surface area contributed by atoms with Crippen molar-refractivity contribution in [3.8, 4) is 0 Å². The summed E-state index contributed by atoms with van der Waals surface area (Å²) >= 11 is 5.87. The van der Waals surface area contributed by atoms with Gasteiger partial charge in [-0.15, -0.1) is 0 Å². The van der Waals surface area contributed by atoms with Crippen LogP contribution in [0.1, 0.15) is 25.7 Å². The smallest absolute Gasteiger partial charge is 0.224 e. The van der Waals surface area contributed by atoms with Crippen LogP contribution in [0, 0.1) is 5.92 Å². The van der Waals surface area contributed by atoms with Crippen molar-refractivity contribution in [3.63, 3.8) is 0 Å². The summed E-state index contributed by atoms with van der Waals surface area (Å²) in [4.78, 5) is 12.2. The van der Waals surface area contributed by atoms with E-state index in [9.17, 15) is 9.90 Å².